The molecule has 0 heterocycles. The molecule has 0 aliphatic rings. The molecule has 0 spiro atoms. The van der Waals surface area contributed by atoms with Crippen LogP contribution >= 0.6 is 0 Å². The van der Waals surface area contributed by atoms with Crippen molar-refractivity contribution < 1.29 is 21.9 Å². The Bertz CT molecular complexity index is 341. The van der Waals surface area contributed by atoms with Gasteiger partial charge in [-0.05, 0) is 18.7 Å². The van der Waals surface area contributed by atoms with Crippen molar-refractivity contribution in [3.8, 4) is 0 Å². The summed E-state index contributed by atoms with van der Waals surface area (Å²) in [6.07, 6.45) is 0. The number of non-ortho nitro benzene ring substituents is 1. The number of nitro benzene ring substituents is 1. The second kappa shape index (κ2) is 7.35. The Morgan fingerprint density at radius 1 is 1.31 bits per heavy atom. The minimum Gasteiger partial charge on any atom is -1.00 e. The molecule has 0 saturated carbocycles. The Morgan fingerprint density at radius 3 is 2.44 bits per heavy atom. The van der Waals surface area contributed by atoms with Crippen molar-refractivity contribution in [1.82, 2.24) is 4.90 Å². The SMILES string of the molecule is CCN(CC)Cc1cccc([N+](=O)[O-])c1.[Br-]. The first kappa shape index (κ1) is 15.1. The summed E-state index contributed by atoms with van der Waals surface area (Å²) in [5, 5.41) is 10.6. The van der Waals surface area contributed by atoms with E-state index in [4.69, 9.17) is 0 Å². The first-order valence-corrected chi connectivity index (χ1v) is 5.13. The molecule has 0 aromatic heterocycles. The second-order valence-electron chi connectivity index (χ2n) is 3.39. The van der Waals surface area contributed by atoms with Crippen molar-refractivity contribution in [1.29, 1.82) is 0 Å². The molecule has 4 nitrogen and oxygen atoms in total. The molecule has 0 saturated heterocycles. The first-order chi connectivity index (χ1) is 7.17. The van der Waals surface area contributed by atoms with Crippen molar-refractivity contribution in [2.45, 2.75) is 20.4 Å². The summed E-state index contributed by atoms with van der Waals surface area (Å²) in [6.45, 7) is 6.86. The standard InChI is InChI=1S/C11H16N2O2.BrH/c1-3-12(4-2)9-10-6-5-7-11(8-10)13(14)15;/h5-8H,3-4,9H2,1-2H3;1H/p-1. The van der Waals surface area contributed by atoms with Crippen LogP contribution < -0.4 is 17.0 Å². The van der Waals surface area contributed by atoms with Crippen LogP contribution in [0.3, 0.4) is 0 Å². The molecule has 0 amide bonds. The van der Waals surface area contributed by atoms with Gasteiger partial charge in [0.2, 0.25) is 0 Å². The minimum absolute atomic E-state index is 0. The summed E-state index contributed by atoms with van der Waals surface area (Å²) in [7, 11) is 0. The largest absolute Gasteiger partial charge is 1.00 e. The zero-order chi connectivity index (χ0) is 11.3. The smallest absolute Gasteiger partial charge is 0.269 e. The summed E-state index contributed by atoms with van der Waals surface area (Å²) in [6, 6.07) is 6.81. The lowest BCUT2D eigenvalue weighted by Gasteiger charge is -2.17. The van der Waals surface area contributed by atoms with Gasteiger partial charge in [0, 0.05) is 18.7 Å². The van der Waals surface area contributed by atoms with E-state index in [-0.39, 0.29) is 27.6 Å². The number of benzene rings is 1. The van der Waals surface area contributed by atoms with Gasteiger partial charge in [0.25, 0.3) is 5.69 Å². The van der Waals surface area contributed by atoms with E-state index in [1.807, 2.05) is 6.07 Å². The fraction of sp³-hybridized carbons (Fsp3) is 0.455. The number of nitro groups is 1. The van der Waals surface area contributed by atoms with Crippen LogP contribution in [0.25, 0.3) is 0 Å². The molecule has 1 rings (SSSR count). The van der Waals surface area contributed by atoms with E-state index >= 15 is 0 Å². The summed E-state index contributed by atoms with van der Waals surface area (Å²) in [4.78, 5) is 12.4. The van der Waals surface area contributed by atoms with Crippen LogP contribution in [-0.2, 0) is 6.54 Å². The first-order valence-electron chi connectivity index (χ1n) is 5.13. The lowest BCUT2D eigenvalue weighted by molar-refractivity contribution is -0.384. The maximum atomic E-state index is 10.6. The molecule has 0 radical (unpaired) electrons. The third-order valence-corrected chi connectivity index (χ3v) is 2.42. The molecule has 16 heavy (non-hydrogen) atoms. The van der Waals surface area contributed by atoms with E-state index in [0.717, 1.165) is 25.2 Å². The van der Waals surface area contributed by atoms with E-state index in [1.54, 1.807) is 12.1 Å². The number of hydrogen-bond acceptors (Lipinski definition) is 3. The van der Waals surface area contributed by atoms with Gasteiger partial charge in [-0.25, -0.2) is 0 Å². The molecule has 0 N–H and O–H groups in total. The van der Waals surface area contributed by atoms with E-state index < -0.39 is 0 Å². The monoisotopic (exact) mass is 287 g/mol. The van der Waals surface area contributed by atoms with Crippen LogP contribution in [0.5, 0.6) is 0 Å². The summed E-state index contributed by atoms with van der Waals surface area (Å²) < 4.78 is 0. The Balaban J connectivity index is 0.00000225. The van der Waals surface area contributed by atoms with Gasteiger partial charge < -0.3 is 17.0 Å². The highest BCUT2D eigenvalue weighted by molar-refractivity contribution is 5.34. The molecule has 1 aromatic rings. The zero-order valence-corrected chi connectivity index (χ0v) is 11.1. The molecule has 0 aliphatic heterocycles. The summed E-state index contributed by atoms with van der Waals surface area (Å²) in [5.74, 6) is 0. The Kier molecular flexibility index (Phi) is 6.92. The topological polar surface area (TPSA) is 46.4 Å². The molecule has 0 fully saturated rings. The quantitative estimate of drug-likeness (QED) is 0.539. The molecule has 5 heteroatoms. The van der Waals surface area contributed by atoms with Gasteiger partial charge in [0.05, 0.1) is 4.92 Å². The molecule has 0 atom stereocenters. The number of nitrogens with zero attached hydrogens (tertiary/aromatic N) is 2. The third kappa shape index (κ3) is 4.28. The van der Waals surface area contributed by atoms with Crippen LogP contribution in [0.2, 0.25) is 0 Å². The Labute approximate surface area is 106 Å². The molecule has 90 valence electrons. The van der Waals surface area contributed by atoms with Crippen molar-refractivity contribution >= 4 is 5.69 Å². The van der Waals surface area contributed by atoms with Crippen LogP contribution in [0.1, 0.15) is 19.4 Å². The average Bonchev–Trinajstić information content (AvgIpc) is 2.26. The van der Waals surface area contributed by atoms with Crippen LogP contribution in [-0.4, -0.2) is 22.9 Å². The molecule has 1 aromatic carbocycles. The predicted octanol–water partition coefficient (Wildman–Crippen LogP) is -0.559. The van der Waals surface area contributed by atoms with Gasteiger partial charge in [-0.1, -0.05) is 26.0 Å². The van der Waals surface area contributed by atoms with Crippen molar-refractivity contribution in [3.63, 3.8) is 0 Å². The molecular weight excluding hydrogens is 272 g/mol. The highest BCUT2D eigenvalue weighted by Crippen LogP contribution is 2.14. The van der Waals surface area contributed by atoms with Gasteiger partial charge in [0.15, 0.2) is 0 Å². The van der Waals surface area contributed by atoms with E-state index in [0.29, 0.717) is 0 Å². The lowest BCUT2D eigenvalue weighted by Crippen LogP contribution is -3.00. The zero-order valence-electron chi connectivity index (χ0n) is 9.52. The highest BCUT2D eigenvalue weighted by Gasteiger charge is 2.07. The third-order valence-electron chi connectivity index (χ3n) is 2.42. The highest BCUT2D eigenvalue weighted by atomic mass is 79.9. The van der Waals surface area contributed by atoms with Gasteiger partial charge in [-0.3, -0.25) is 15.0 Å². The van der Waals surface area contributed by atoms with Gasteiger partial charge in [0.1, 0.15) is 0 Å². The van der Waals surface area contributed by atoms with E-state index in [9.17, 15) is 10.1 Å². The maximum absolute atomic E-state index is 10.6. The predicted molar refractivity (Wildman–Crippen MR) is 59.7 cm³/mol. The number of hydrogen-bond donors (Lipinski definition) is 0. The lowest BCUT2D eigenvalue weighted by atomic mass is 10.2. The second-order valence-corrected chi connectivity index (χ2v) is 3.39. The average molecular weight is 288 g/mol. The fourth-order valence-electron chi connectivity index (χ4n) is 1.47. The molecule has 0 unspecified atom stereocenters. The van der Waals surface area contributed by atoms with Crippen molar-refractivity contribution in [2.75, 3.05) is 13.1 Å². The normalized spacial score (nSPS) is 9.94. The van der Waals surface area contributed by atoms with Gasteiger partial charge in [-0.2, -0.15) is 0 Å². The Morgan fingerprint density at radius 2 is 1.94 bits per heavy atom. The van der Waals surface area contributed by atoms with Crippen LogP contribution in [0.4, 0.5) is 5.69 Å². The molecule has 0 bridgehead atoms. The van der Waals surface area contributed by atoms with Crippen LogP contribution in [0, 0.1) is 10.1 Å². The number of rotatable bonds is 5. The van der Waals surface area contributed by atoms with Crippen LogP contribution in [0.15, 0.2) is 24.3 Å². The summed E-state index contributed by atoms with van der Waals surface area (Å²) >= 11 is 0. The minimum atomic E-state index is -0.355. The van der Waals surface area contributed by atoms with Crippen molar-refractivity contribution in [2.24, 2.45) is 0 Å². The van der Waals surface area contributed by atoms with Gasteiger partial charge >= 0.3 is 0 Å². The summed E-state index contributed by atoms with van der Waals surface area (Å²) in [5.41, 5.74) is 1.16. The maximum Gasteiger partial charge on any atom is 0.269 e. The van der Waals surface area contributed by atoms with E-state index in [2.05, 4.69) is 18.7 Å². The number of halogens is 1. The molecular formula is C11H16BrN2O2-. The Hall–Kier alpha value is -0.940. The fourth-order valence-corrected chi connectivity index (χ4v) is 1.47. The molecule has 0 aliphatic carbocycles. The van der Waals surface area contributed by atoms with Crippen molar-refractivity contribution in [3.05, 3.63) is 39.9 Å². The van der Waals surface area contributed by atoms with E-state index in [1.165, 1.54) is 6.07 Å². The van der Waals surface area contributed by atoms with Gasteiger partial charge in [-0.15, -0.1) is 0 Å².